The van der Waals surface area contributed by atoms with E-state index in [2.05, 4.69) is 10.3 Å². The Morgan fingerprint density at radius 3 is 1.38 bits per heavy atom. The number of aliphatic hydroxyl groups is 2. The lowest BCUT2D eigenvalue weighted by molar-refractivity contribution is -0.596. The van der Waals surface area contributed by atoms with Crippen LogP contribution in [0.25, 0.3) is 0 Å². The number of oxime groups is 2. The predicted octanol–water partition coefficient (Wildman–Crippen LogP) is 2.60. The van der Waals surface area contributed by atoms with E-state index in [9.17, 15) is 40.9 Å². The number of hydrogen-bond donors (Lipinski definition) is 4. The molecule has 0 heterocycles. The topological polar surface area (TPSA) is 192 Å². The van der Waals surface area contributed by atoms with E-state index in [-0.39, 0.29) is 62.8 Å². The smallest absolute Gasteiger partial charge is 0.223 e. The molecule has 6 atom stereocenters. The molecule has 2 fully saturated rings. The Morgan fingerprint density at radius 2 is 1.12 bits per heavy atom. The summed E-state index contributed by atoms with van der Waals surface area (Å²) >= 11 is 0. The van der Waals surface area contributed by atoms with E-state index in [1.165, 1.54) is 13.8 Å². The lowest BCUT2D eigenvalue weighted by Crippen LogP contribution is -2.57. The van der Waals surface area contributed by atoms with Gasteiger partial charge >= 0.3 is 0 Å². The van der Waals surface area contributed by atoms with Crippen molar-refractivity contribution in [2.24, 2.45) is 22.1 Å². The highest BCUT2D eigenvalue weighted by atomic mass is 16.6. The molecule has 182 valence electrons. The second-order valence-electron chi connectivity index (χ2n) is 10.2. The molecule has 2 aliphatic rings. The van der Waals surface area contributed by atoms with Crippen molar-refractivity contribution < 1.29 is 30.5 Å². The quantitative estimate of drug-likeness (QED) is 0.193. The highest BCUT2D eigenvalue weighted by Gasteiger charge is 2.59. The van der Waals surface area contributed by atoms with Gasteiger partial charge in [0.15, 0.2) is 0 Å². The maximum atomic E-state index is 12.2. The van der Waals surface area contributed by atoms with E-state index in [0.29, 0.717) is 0 Å². The average molecular weight is 459 g/mol. The third kappa shape index (κ3) is 4.70. The molecule has 4 N–H and O–H groups in total. The van der Waals surface area contributed by atoms with Crippen LogP contribution in [-0.4, -0.2) is 64.2 Å². The fourth-order valence-electron chi connectivity index (χ4n) is 5.49. The Morgan fingerprint density at radius 1 is 0.812 bits per heavy atom. The second-order valence-corrected chi connectivity index (χ2v) is 10.2. The molecule has 12 nitrogen and oxygen atoms in total. The Kier molecular flexibility index (Phi) is 7.20. The number of hydrogen-bond acceptors (Lipinski definition) is 10. The van der Waals surface area contributed by atoms with Crippen LogP contribution in [0, 0.1) is 32.1 Å². The van der Waals surface area contributed by atoms with Gasteiger partial charge in [0.2, 0.25) is 11.1 Å². The van der Waals surface area contributed by atoms with Crippen LogP contribution in [0.1, 0.15) is 79.1 Å². The van der Waals surface area contributed by atoms with Crippen LogP contribution in [0.5, 0.6) is 0 Å². The molecule has 0 saturated heterocycles. The van der Waals surface area contributed by atoms with Crippen LogP contribution in [0.15, 0.2) is 10.3 Å². The first-order chi connectivity index (χ1) is 14.7. The summed E-state index contributed by atoms with van der Waals surface area (Å²) in [5.41, 5.74) is -5.27. The van der Waals surface area contributed by atoms with Crippen LogP contribution >= 0.6 is 0 Å². The zero-order chi connectivity index (χ0) is 24.5. The van der Waals surface area contributed by atoms with Crippen molar-refractivity contribution in [3.8, 4) is 0 Å². The Bertz CT molecular complexity index is 745. The van der Waals surface area contributed by atoms with Crippen molar-refractivity contribution >= 4 is 11.4 Å². The normalized spacial score (nSPS) is 41.3. The molecule has 32 heavy (non-hydrogen) atoms. The minimum Gasteiger partial charge on any atom is -0.411 e. The molecule has 0 aliphatic heterocycles. The standard InChI is InChI=1S/C20H34N4O8/c1-13(21-27)15-11-19(23(29)30,7-5-17(15,3)25)9-10-20(24(31)32)8-6-18(4,26)16(12-20)14(2)22-28/h15-16,25-28H,5-12H2,1-4H3/b21-13-,22-14+/t15-,16-,17+,18+,19+,20+/m0/s1. The highest BCUT2D eigenvalue weighted by Crippen LogP contribution is 2.48. The summed E-state index contributed by atoms with van der Waals surface area (Å²) in [7, 11) is 0. The molecule has 2 saturated carbocycles. The molecule has 0 aromatic heterocycles. The summed E-state index contributed by atoms with van der Waals surface area (Å²) in [5.74, 6) is -1.52. The van der Waals surface area contributed by atoms with E-state index in [1.54, 1.807) is 13.8 Å². The summed E-state index contributed by atoms with van der Waals surface area (Å²) in [6.45, 7) is 6.05. The number of rotatable bonds is 7. The Balaban J connectivity index is 2.36. The molecular weight excluding hydrogens is 424 g/mol. The van der Waals surface area contributed by atoms with Gasteiger partial charge in [-0.15, -0.1) is 0 Å². The average Bonchev–Trinajstić information content (AvgIpc) is 2.72. The fraction of sp³-hybridized carbons (Fsp3) is 0.900. The molecule has 0 unspecified atom stereocenters. The van der Waals surface area contributed by atoms with Gasteiger partial charge in [0.1, 0.15) is 0 Å². The van der Waals surface area contributed by atoms with Gasteiger partial charge in [0.05, 0.1) is 22.6 Å². The summed E-state index contributed by atoms with van der Waals surface area (Å²) in [6.07, 6.45) is -0.158. The van der Waals surface area contributed by atoms with Gasteiger partial charge in [-0.1, -0.05) is 10.3 Å². The van der Waals surface area contributed by atoms with Crippen molar-refractivity contribution in [1.29, 1.82) is 0 Å². The van der Waals surface area contributed by atoms with Gasteiger partial charge in [0, 0.05) is 60.2 Å². The largest absolute Gasteiger partial charge is 0.411 e. The van der Waals surface area contributed by atoms with E-state index in [0.717, 1.165) is 0 Å². The van der Waals surface area contributed by atoms with Gasteiger partial charge in [-0.3, -0.25) is 20.2 Å². The Labute approximate surface area is 186 Å². The van der Waals surface area contributed by atoms with Gasteiger partial charge in [-0.25, -0.2) is 0 Å². The molecular formula is C20H34N4O8. The van der Waals surface area contributed by atoms with Crippen LogP contribution in [0.3, 0.4) is 0 Å². The zero-order valence-corrected chi connectivity index (χ0v) is 19.0. The molecule has 2 aliphatic carbocycles. The first kappa shape index (κ1) is 25.9. The van der Waals surface area contributed by atoms with E-state index in [4.69, 9.17) is 0 Å². The predicted molar refractivity (Wildman–Crippen MR) is 114 cm³/mol. The summed E-state index contributed by atoms with van der Waals surface area (Å²) < 4.78 is 0. The highest BCUT2D eigenvalue weighted by molar-refractivity contribution is 5.85. The van der Waals surface area contributed by atoms with Gasteiger partial charge in [-0.2, -0.15) is 0 Å². The van der Waals surface area contributed by atoms with E-state index in [1.807, 2.05) is 0 Å². The maximum Gasteiger partial charge on any atom is 0.223 e. The monoisotopic (exact) mass is 458 g/mol. The minimum atomic E-state index is -1.52. The third-order valence-corrected chi connectivity index (χ3v) is 8.02. The molecule has 12 heteroatoms. The Hall–Kier alpha value is -2.34. The number of nitro groups is 2. The van der Waals surface area contributed by atoms with Crippen LogP contribution < -0.4 is 0 Å². The van der Waals surface area contributed by atoms with E-state index >= 15 is 0 Å². The van der Waals surface area contributed by atoms with Gasteiger partial charge in [-0.05, 0) is 40.5 Å². The van der Waals surface area contributed by atoms with Crippen LogP contribution in [0.2, 0.25) is 0 Å². The molecule has 0 bridgehead atoms. The lowest BCUT2D eigenvalue weighted by atomic mass is 9.61. The van der Waals surface area contributed by atoms with Crippen molar-refractivity contribution in [1.82, 2.24) is 0 Å². The van der Waals surface area contributed by atoms with Crippen molar-refractivity contribution in [2.45, 2.75) is 101 Å². The molecule has 0 aromatic rings. The van der Waals surface area contributed by atoms with Crippen LogP contribution in [0.4, 0.5) is 0 Å². The van der Waals surface area contributed by atoms with Crippen LogP contribution in [-0.2, 0) is 0 Å². The maximum absolute atomic E-state index is 12.2. The fourth-order valence-corrected chi connectivity index (χ4v) is 5.49. The summed E-state index contributed by atoms with van der Waals surface area (Å²) in [5, 5.41) is 70.4. The first-order valence-electron chi connectivity index (χ1n) is 10.8. The molecule has 0 aromatic carbocycles. The number of nitrogens with zero attached hydrogens (tertiary/aromatic N) is 4. The summed E-state index contributed by atoms with van der Waals surface area (Å²) in [4.78, 5) is 23.5. The molecule has 0 amide bonds. The molecule has 0 radical (unpaired) electrons. The first-order valence-corrected chi connectivity index (χ1v) is 10.8. The van der Waals surface area contributed by atoms with Crippen molar-refractivity contribution in [3.63, 3.8) is 0 Å². The van der Waals surface area contributed by atoms with Crippen molar-refractivity contribution in [2.75, 3.05) is 0 Å². The third-order valence-electron chi connectivity index (χ3n) is 8.02. The van der Waals surface area contributed by atoms with E-state index < -0.39 is 44.0 Å². The van der Waals surface area contributed by atoms with Gasteiger partial charge < -0.3 is 20.6 Å². The second kappa shape index (κ2) is 8.89. The SMILES string of the molecule is C/C(=N/O)[C@@H]1C[C@@](CC[C@]2([N+](=O)[O-])CC[C@@](C)(O)[C@H](/C(C)=N/O)C2)([N+](=O)[O-])CC[C@@]1(C)O. The lowest BCUT2D eigenvalue weighted by Gasteiger charge is -2.45. The molecule has 2 rings (SSSR count). The summed E-state index contributed by atoms with van der Waals surface area (Å²) in [6, 6.07) is 0. The minimum absolute atomic E-state index is 0.0360. The zero-order valence-electron chi connectivity index (χ0n) is 19.0. The van der Waals surface area contributed by atoms with Crippen molar-refractivity contribution in [3.05, 3.63) is 20.2 Å². The van der Waals surface area contributed by atoms with Gasteiger partial charge in [0.25, 0.3) is 0 Å². The molecule has 0 spiro atoms.